The molecule has 134 valence electrons. The molecule has 0 saturated carbocycles. The second kappa shape index (κ2) is 7.15. The molecule has 0 bridgehead atoms. The quantitative estimate of drug-likeness (QED) is 0.743. The van der Waals surface area contributed by atoms with Gasteiger partial charge in [-0.1, -0.05) is 30.3 Å². The van der Waals surface area contributed by atoms with Gasteiger partial charge in [-0.3, -0.25) is 9.48 Å². The molecule has 26 heavy (non-hydrogen) atoms. The van der Waals surface area contributed by atoms with Crippen molar-refractivity contribution in [3.05, 3.63) is 54.4 Å². The van der Waals surface area contributed by atoms with Crippen LogP contribution < -0.4 is 5.32 Å². The zero-order valence-electron chi connectivity index (χ0n) is 14.9. The second-order valence-electron chi connectivity index (χ2n) is 6.76. The zero-order valence-corrected chi connectivity index (χ0v) is 14.9. The lowest BCUT2D eigenvalue weighted by Gasteiger charge is -2.18. The monoisotopic (exact) mass is 349 g/mol. The van der Waals surface area contributed by atoms with E-state index in [0.717, 1.165) is 49.1 Å². The van der Waals surface area contributed by atoms with Crippen molar-refractivity contribution >= 4 is 22.6 Å². The first-order chi connectivity index (χ1) is 12.7. The Bertz CT molecular complexity index is 905. The number of nitrogens with zero attached hydrogens (tertiary/aromatic N) is 4. The Morgan fingerprint density at radius 3 is 2.92 bits per heavy atom. The molecule has 0 aliphatic carbocycles. The Morgan fingerprint density at radius 2 is 2.08 bits per heavy atom. The number of hydrogen-bond donors (Lipinski definition) is 1. The van der Waals surface area contributed by atoms with Gasteiger partial charge in [-0.05, 0) is 30.9 Å². The van der Waals surface area contributed by atoms with Crippen LogP contribution in [0.4, 0.5) is 5.69 Å². The molecular formula is C20H23N5O. The van der Waals surface area contributed by atoms with Gasteiger partial charge in [0.1, 0.15) is 6.04 Å². The lowest BCUT2D eigenvalue weighted by Crippen LogP contribution is -2.34. The van der Waals surface area contributed by atoms with Crippen LogP contribution in [-0.4, -0.2) is 44.7 Å². The van der Waals surface area contributed by atoms with Crippen molar-refractivity contribution in [1.82, 2.24) is 19.7 Å². The van der Waals surface area contributed by atoms with E-state index in [2.05, 4.69) is 39.7 Å². The SMILES string of the molecule is Cn1ncc2c(NC3CCN(CCCc4ccccc4)C3=O)ccnc21. The van der Waals surface area contributed by atoms with Gasteiger partial charge in [0.15, 0.2) is 5.65 Å². The molecule has 4 rings (SSSR count). The third-order valence-electron chi connectivity index (χ3n) is 5.00. The predicted molar refractivity (Wildman–Crippen MR) is 102 cm³/mol. The van der Waals surface area contributed by atoms with Gasteiger partial charge in [0.2, 0.25) is 5.91 Å². The summed E-state index contributed by atoms with van der Waals surface area (Å²) in [6, 6.07) is 12.2. The van der Waals surface area contributed by atoms with Crippen molar-refractivity contribution in [1.29, 1.82) is 0 Å². The van der Waals surface area contributed by atoms with Gasteiger partial charge < -0.3 is 10.2 Å². The molecule has 1 N–H and O–H groups in total. The molecule has 1 unspecified atom stereocenters. The van der Waals surface area contributed by atoms with Crippen LogP contribution in [0.2, 0.25) is 0 Å². The highest BCUT2D eigenvalue weighted by Crippen LogP contribution is 2.24. The number of rotatable bonds is 6. The van der Waals surface area contributed by atoms with Crippen LogP contribution in [0.3, 0.4) is 0 Å². The van der Waals surface area contributed by atoms with Gasteiger partial charge in [0, 0.05) is 32.0 Å². The number of aromatic nitrogens is 3. The maximum Gasteiger partial charge on any atom is 0.245 e. The summed E-state index contributed by atoms with van der Waals surface area (Å²) in [5.74, 6) is 0.187. The highest BCUT2D eigenvalue weighted by Gasteiger charge is 2.31. The van der Waals surface area contributed by atoms with E-state index in [9.17, 15) is 4.79 Å². The molecule has 1 atom stereocenters. The number of carbonyl (C=O) groups is 1. The maximum atomic E-state index is 12.7. The summed E-state index contributed by atoms with van der Waals surface area (Å²) in [6.45, 7) is 1.62. The topological polar surface area (TPSA) is 63.1 Å². The number of amides is 1. The first-order valence-corrected chi connectivity index (χ1v) is 9.08. The maximum absolute atomic E-state index is 12.7. The summed E-state index contributed by atoms with van der Waals surface area (Å²) in [7, 11) is 1.87. The van der Waals surface area contributed by atoms with E-state index in [-0.39, 0.29) is 11.9 Å². The molecule has 1 aliphatic heterocycles. The summed E-state index contributed by atoms with van der Waals surface area (Å²) in [5, 5.41) is 8.60. The van der Waals surface area contributed by atoms with Crippen LogP contribution in [0.15, 0.2) is 48.8 Å². The van der Waals surface area contributed by atoms with Gasteiger partial charge >= 0.3 is 0 Å². The van der Waals surface area contributed by atoms with E-state index in [4.69, 9.17) is 0 Å². The number of carbonyl (C=O) groups excluding carboxylic acids is 1. The van der Waals surface area contributed by atoms with Crippen LogP contribution >= 0.6 is 0 Å². The Morgan fingerprint density at radius 1 is 1.23 bits per heavy atom. The Balaban J connectivity index is 1.36. The zero-order chi connectivity index (χ0) is 17.9. The number of benzene rings is 1. The van der Waals surface area contributed by atoms with Gasteiger partial charge in [-0.25, -0.2) is 4.98 Å². The van der Waals surface area contributed by atoms with E-state index >= 15 is 0 Å². The molecular weight excluding hydrogens is 326 g/mol. The minimum atomic E-state index is -0.169. The number of likely N-dealkylation sites (tertiary alicyclic amines) is 1. The molecule has 3 aromatic rings. The number of anilines is 1. The molecule has 0 spiro atoms. The smallest absolute Gasteiger partial charge is 0.245 e. The van der Waals surface area contributed by atoms with E-state index in [0.29, 0.717) is 0 Å². The van der Waals surface area contributed by atoms with Gasteiger partial charge in [-0.15, -0.1) is 0 Å². The summed E-state index contributed by atoms with van der Waals surface area (Å²) >= 11 is 0. The first kappa shape index (κ1) is 16.6. The van der Waals surface area contributed by atoms with Crippen LogP contribution in [0.5, 0.6) is 0 Å². The molecule has 1 aromatic carbocycles. The molecule has 6 heteroatoms. The van der Waals surface area contributed by atoms with Crippen LogP contribution in [0, 0.1) is 0 Å². The lowest BCUT2D eigenvalue weighted by molar-refractivity contribution is -0.128. The van der Waals surface area contributed by atoms with E-state index in [1.165, 1.54) is 5.56 Å². The summed E-state index contributed by atoms with van der Waals surface area (Å²) in [6.07, 6.45) is 6.37. The Hall–Kier alpha value is -2.89. The molecule has 1 fully saturated rings. The number of pyridine rings is 1. The van der Waals surface area contributed by atoms with Crippen molar-refractivity contribution in [2.45, 2.75) is 25.3 Å². The Labute approximate surface area is 152 Å². The lowest BCUT2D eigenvalue weighted by atomic mass is 10.1. The normalized spacial score (nSPS) is 17.2. The highest BCUT2D eigenvalue weighted by atomic mass is 16.2. The number of nitrogens with one attached hydrogen (secondary N) is 1. The summed E-state index contributed by atoms with van der Waals surface area (Å²) < 4.78 is 1.74. The van der Waals surface area contributed by atoms with Crippen molar-refractivity contribution < 1.29 is 4.79 Å². The number of hydrogen-bond acceptors (Lipinski definition) is 4. The largest absolute Gasteiger partial charge is 0.373 e. The molecule has 2 aromatic heterocycles. The minimum Gasteiger partial charge on any atom is -0.373 e. The van der Waals surface area contributed by atoms with Crippen molar-refractivity contribution in [3.8, 4) is 0 Å². The van der Waals surface area contributed by atoms with E-state index < -0.39 is 0 Å². The van der Waals surface area contributed by atoms with Crippen molar-refractivity contribution in [3.63, 3.8) is 0 Å². The fourth-order valence-electron chi connectivity index (χ4n) is 3.57. The molecule has 0 radical (unpaired) electrons. The molecule has 6 nitrogen and oxygen atoms in total. The van der Waals surface area contributed by atoms with Crippen LogP contribution in [0.1, 0.15) is 18.4 Å². The fraction of sp³-hybridized carbons (Fsp3) is 0.350. The average Bonchev–Trinajstić information content (AvgIpc) is 3.21. The third kappa shape index (κ3) is 3.27. The fourth-order valence-corrected chi connectivity index (χ4v) is 3.57. The van der Waals surface area contributed by atoms with Crippen LogP contribution in [0.25, 0.3) is 11.0 Å². The third-order valence-corrected chi connectivity index (χ3v) is 5.00. The molecule has 1 aliphatic rings. The van der Waals surface area contributed by atoms with Gasteiger partial charge in [0.05, 0.1) is 11.6 Å². The Kier molecular flexibility index (Phi) is 4.56. The summed E-state index contributed by atoms with van der Waals surface area (Å²) in [5.41, 5.74) is 3.07. The molecule has 1 saturated heterocycles. The van der Waals surface area contributed by atoms with E-state index in [1.54, 1.807) is 17.1 Å². The van der Waals surface area contributed by atoms with Crippen molar-refractivity contribution in [2.75, 3.05) is 18.4 Å². The van der Waals surface area contributed by atoms with Gasteiger partial charge in [0.25, 0.3) is 0 Å². The highest BCUT2D eigenvalue weighted by molar-refractivity contribution is 5.93. The number of fused-ring (bicyclic) bond motifs is 1. The van der Waals surface area contributed by atoms with Gasteiger partial charge in [-0.2, -0.15) is 5.10 Å². The van der Waals surface area contributed by atoms with E-state index in [1.807, 2.05) is 24.1 Å². The molecule has 3 heterocycles. The predicted octanol–water partition coefficient (Wildman–Crippen LogP) is 2.61. The minimum absolute atomic E-state index is 0.169. The second-order valence-corrected chi connectivity index (χ2v) is 6.76. The number of aryl methyl sites for hydroxylation is 2. The average molecular weight is 349 g/mol. The van der Waals surface area contributed by atoms with Crippen molar-refractivity contribution in [2.24, 2.45) is 7.05 Å². The molecule has 1 amide bonds. The standard InChI is InChI=1S/C20H23N5O/c1-24-19-16(14-22-24)17(9-11-21-19)23-18-10-13-25(20(18)26)12-5-8-15-6-3-2-4-7-15/h2-4,6-7,9,11,14,18H,5,8,10,12-13H2,1H3,(H,21,23). The van der Waals surface area contributed by atoms with Crippen LogP contribution in [-0.2, 0) is 18.3 Å². The first-order valence-electron chi connectivity index (χ1n) is 9.08. The summed E-state index contributed by atoms with van der Waals surface area (Å²) in [4.78, 5) is 19.0.